The van der Waals surface area contributed by atoms with E-state index in [-0.39, 0.29) is 0 Å². The van der Waals surface area contributed by atoms with Crippen molar-refractivity contribution in [1.29, 1.82) is 0 Å². The highest BCUT2D eigenvalue weighted by Gasteiger charge is 2.07. The van der Waals surface area contributed by atoms with Crippen molar-refractivity contribution in [2.45, 2.75) is 19.9 Å². The van der Waals surface area contributed by atoms with Crippen molar-refractivity contribution in [2.75, 3.05) is 18.0 Å². The van der Waals surface area contributed by atoms with Crippen LogP contribution in [0.5, 0.6) is 0 Å². The maximum atomic E-state index is 5.64. The Kier molecular flexibility index (Phi) is 4.93. The van der Waals surface area contributed by atoms with Gasteiger partial charge in [0.25, 0.3) is 0 Å². The summed E-state index contributed by atoms with van der Waals surface area (Å²) in [5.74, 6) is 0. The molecule has 0 bridgehead atoms. The first-order valence-electron chi connectivity index (χ1n) is 6.71. The molecule has 19 heavy (non-hydrogen) atoms. The van der Waals surface area contributed by atoms with Crippen molar-refractivity contribution in [2.24, 2.45) is 5.73 Å². The monoisotopic (exact) mass is 255 g/mol. The van der Waals surface area contributed by atoms with E-state index in [1.54, 1.807) is 0 Å². The van der Waals surface area contributed by atoms with Gasteiger partial charge in [-0.1, -0.05) is 30.3 Å². The van der Waals surface area contributed by atoms with Crippen molar-refractivity contribution in [3.63, 3.8) is 0 Å². The second-order valence-electron chi connectivity index (χ2n) is 4.70. The molecular weight excluding hydrogens is 234 g/mol. The molecule has 0 unspecified atom stereocenters. The number of nitrogens with two attached hydrogens (primary N) is 1. The van der Waals surface area contributed by atoms with E-state index >= 15 is 0 Å². The van der Waals surface area contributed by atoms with Crippen LogP contribution < -0.4 is 10.6 Å². The summed E-state index contributed by atoms with van der Waals surface area (Å²) < 4.78 is 0. The lowest BCUT2D eigenvalue weighted by molar-refractivity contribution is 0.735. The van der Waals surface area contributed by atoms with Crippen LogP contribution in [0.2, 0.25) is 0 Å². The van der Waals surface area contributed by atoms with Crippen molar-refractivity contribution in [1.82, 2.24) is 4.98 Å². The second-order valence-corrected chi connectivity index (χ2v) is 4.70. The van der Waals surface area contributed by atoms with Crippen LogP contribution in [0.3, 0.4) is 0 Å². The van der Waals surface area contributed by atoms with Gasteiger partial charge in [0, 0.05) is 30.7 Å². The molecule has 3 nitrogen and oxygen atoms in total. The van der Waals surface area contributed by atoms with Crippen molar-refractivity contribution in [3.05, 3.63) is 59.9 Å². The summed E-state index contributed by atoms with van der Waals surface area (Å²) in [7, 11) is 0. The normalized spacial score (nSPS) is 10.4. The van der Waals surface area contributed by atoms with Crippen LogP contribution >= 0.6 is 0 Å². The number of aryl methyl sites for hydroxylation is 1. The number of benzene rings is 1. The first-order chi connectivity index (χ1) is 9.29. The molecule has 100 valence electrons. The third-order valence-electron chi connectivity index (χ3n) is 3.09. The maximum absolute atomic E-state index is 5.64. The summed E-state index contributed by atoms with van der Waals surface area (Å²) in [6.07, 6.45) is 2.86. The molecule has 1 heterocycles. The van der Waals surface area contributed by atoms with Crippen LogP contribution in [-0.4, -0.2) is 18.1 Å². The number of pyridine rings is 1. The summed E-state index contributed by atoms with van der Waals surface area (Å²) in [6, 6.07) is 14.7. The van der Waals surface area contributed by atoms with E-state index in [1.807, 2.05) is 19.2 Å². The molecule has 0 saturated heterocycles. The molecule has 1 aromatic heterocycles. The average Bonchev–Trinajstić information content (AvgIpc) is 2.44. The number of nitrogens with zero attached hydrogens (tertiary/aromatic N) is 2. The summed E-state index contributed by atoms with van der Waals surface area (Å²) in [6.45, 7) is 4.61. The molecular formula is C16H21N3. The van der Waals surface area contributed by atoms with Gasteiger partial charge in [0.1, 0.15) is 0 Å². The Morgan fingerprint density at radius 2 is 1.95 bits per heavy atom. The van der Waals surface area contributed by atoms with Crippen LogP contribution in [-0.2, 0) is 6.54 Å². The van der Waals surface area contributed by atoms with Crippen molar-refractivity contribution >= 4 is 5.69 Å². The zero-order chi connectivity index (χ0) is 13.5. The number of aromatic nitrogens is 1. The molecule has 3 heteroatoms. The van der Waals surface area contributed by atoms with E-state index < -0.39 is 0 Å². The molecule has 0 amide bonds. The average molecular weight is 255 g/mol. The molecule has 0 saturated carbocycles. The van der Waals surface area contributed by atoms with Crippen molar-refractivity contribution in [3.8, 4) is 0 Å². The first kappa shape index (κ1) is 13.6. The highest BCUT2D eigenvalue weighted by molar-refractivity contribution is 5.47. The lowest BCUT2D eigenvalue weighted by Crippen LogP contribution is -2.25. The largest absolute Gasteiger partial charge is 0.367 e. The summed E-state index contributed by atoms with van der Waals surface area (Å²) in [5.41, 5.74) is 9.21. The number of anilines is 1. The zero-order valence-corrected chi connectivity index (χ0v) is 11.4. The van der Waals surface area contributed by atoms with Crippen LogP contribution in [0.4, 0.5) is 5.69 Å². The lowest BCUT2D eigenvalue weighted by Gasteiger charge is -2.25. The molecule has 0 atom stereocenters. The van der Waals surface area contributed by atoms with Gasteiger partial charge in [-0.15, -0.1) is 0 Å². The lowest BCUT2D eigenvalue weighted by atomic mass is 10.2. The summed E-state index contributed by atoms with van der Waals surface area (Å²) in [5, 5.41) is 0. The zero-order valence-electron chi connectivity index (χ0n) is 11.4. The Morgan fingerprint density at radius 1 is 1.16 bits per heavy atom. The Bertz CT molecular complexity index is 496. The number of hydrogen-bond donors (Lipinski definition) is 1. The Hall–Kier alpha value is -1.87. The minimum absolute atomic E-state index is 0.718. The molecule has 2 aromatic rings. The third kappa shape index (κ3) is 4.07. The topological polar surface area (TPSA) is 42.1 Å². The van der Waals surface area contributed by atoms with E-state index in [1.165, 1.54) is 11.3 Å². The van der Waals surface area contributed by atoms with Crippen LogP contribution in [0.25, 0.3) is 0 Å². The SMILES string of the molecule is Cc1cc(N(CCCN)Cc2ccccc2)ccn1. The standard InChI is InChI=1S/C16H21N3/c1-14-12-16(8-10-18-14)19(11-5-9-17)13-15-6-3-2-4-7-15/h2-4,6-8,10,12H,5,9,11,13,17H2,1H3. The first-order valence-corrected chi connectivity index (χ1v) is 6.71. The van der Waals surface area contributed by atoms with Gasteiger partial charge in [0.15, 0.2) is 0 Å². The molecule has 1 aromatic carbocycles. The van der Waals surface area contributed by atoms with Gasteiger partial charge < -0.3 is 10.6 Å². The van der Waals surface area contributed by atoms with E-state index in [2.05, 4.69) is 46.3 Å². The van der Waals surface area contributed by atoms with E-state index in [9.17, 15) is 0 Å². The van der Waals surface area contributed by atoms with Gasteiger partial charge in [0.2, 0.25) is 0 Å². The fourth-order valence-corrected chi connectivity index (χ4v) is 2.11. The number of rotatable bonds is 6. The molecule has 0 aliphatic heterocycles. The number of hydrogen-bond acceptors (Lipinski definition) is 3. The molecule has 0 spiro atoms. The fraction of sp³-hybridized carbons (Fsp3) is 0.312. The second kappa shape index (κ2) is 6.90. The molecule has 0 aliphatic rings. The molecule has 0 fully saturated rings. The van der Waals surface area contributed by atoms with Crippen LogP contribution in [0, 0.1) is 6.92 Å². The molecule has 0 radical (unpaired) electrons. The highest BCUT2D eigenvalue weighted by Crippen LogP contribution is 2.17. The maximum Gasteiger partial charge on any atom is 0.0429 e. The Labute approximate surface area is 115 Å². The minimum atomic E-state index is 0.718. The van der Waals surface area contributed by atoms with Crippen LogP contribution in [0.1, 0.15) is 17.7 Å². The summed E-state index contributed by atoms with van der Waals surface area (Å²) in [4.78, 5) is 6.62. The van der Waals surface area contributed by atoms with Gasteiger partial charge in [-0.3, -0.25) is 4.98 Å². The summed E-state index contributed by atoms with van der Waals surface area (Å²) >= 11 is 0. The predicted octanol–water partition coefficient (Wildman–Crippen LogP) is 2.75. The Balaban J connectivity index is 2.16. The fourth-order valence-electron chi connectivity index (χ4n) is 2.11. The third-order valence-corrected chi connectivity index (χ3v) is 3.09. The molecule has 2 N–H and O–H groups in total. The van der Waals surface area contributed by atoms with Gasteiger partial charge in [-0.2, -0.15) is 0 Å². The van der Waals surface area contributed by atoms with Crippen molar-refractivity contribution < 1.29 is 0 Å². The van der Waals surface area contributed by atoms with Gasteiger partial charge in [-0.25, -0.2) is 0 Å². The van der Waals surface area contributed by atoms with Gasteiger partial charge in [0.05, 0.1) is 0 Å². The van der Waals surface area contributed by atoms with Gasteiger partial charge >= 0.3 is 0 Å². The van der Waals surface area contributed by atoms with E-state index in [4.69, 9.17) is 5.73 Å². The predicted molar refractivity (Wildman–Crippen MR) is 80.1 cm³/mol. The molecule has 0 aliphatic carbocycles. The molecule has 2 rings (SSSR count). The minimum Gasteiger partial charge on any atom is -0.367 e. The Morgan fingerprint density at radius 3 is 2.63 bits per heavy atom. The highest BCUT2D eigenvalue weighted by atomic mass is 15.1. The quantitative estimate of drug-likeness (QED) is 0.863. The smallest absolute Gasteiger partial charge is 0.0429 e. The van der Waals surface area contributed by atoms with Crippen LogP contribution in [0.15, 0.2) is 48.7 Å². The van der Waals surface area contributed by atoms with E-state index in [0.717, 1.165) is 31.7 Å². The van der Waals surface area contributed by atoms with E-state index in [0.29, 0.717) is 0 Å². The van der Waals surface area contributed by atoms with Gasteiger partial charge in [-0.05, 0) is 37.6 Å².